The van der Waals surface area contributed by atoms with E-state index in [2.05, 4.69) is 57.1 Å². The van der Waals surface area contributed by atoms with Crippen LogP contribution in [0.1, 0.15) is 30.9 Å². The van der Waals surface area contributed by atoms with Crippen LogP contribution in [0, 0.1) is 9.49 Å². The van der Waals surface area contributed by atoms with Gasteiger partial charge in [-0.3, -0.25) is 4.90 Å². The molecule has 0 unspecified atom stereocenters. The lowest BCUT2D eigenvalue weighted by molar-refractivity contribution is 0.0837. The highest BCUT2D eigenvalue weighted by Crippen LogP contribution is 2.41. The molecule has 20 heavy (non-hydrogen) atoms. The molecule has 0 radical (unpaired) electrons. The third-order valence-electron chi connectivity index (χ3n) is 4.35. The van der Waals surface area contributed by atoms with Crippen LogP contribution in [-0.2, 0) is 0 Å². The lowest BCUT2D eigenvalue weighted by atomic mass is 9.76. The van der Waals surface area contributed by atoms with Crippen LogP contribution in [0.25, 0.3) is 0 Å². The van der Waals surface area contributed by atoms with E-state index in [9.17, 15) is 0 Å². The van der Waals surface area contributed by atoms with Gasteiger partial charge in [0.25, 0.3) is 0 Å². The number of nitrogens with one attached hydrogen (secondary N) is 1. The van der Waals surface area contributed by atoms with Gasteiger partial charge in [-0.15, -0.1) is 24.8 Å². The highest BCUT2D eigenvalue weighted by Gasteiger charge is 2.33. The summed E-state index contributed by atoms with van der Waals surface area (Å²) < 4.78 is 1.34. The summed E-state index contributed by atoms with van der Waals surface area (Å²) in [6.07, 6.45) is 4.26. The van der Waals surface area contributed by atoms with Gasteiger partial charge in [0.2, 0.25) is 0 Å². The van der Waals surface area contributed by atoms with Crippen LogP contribution in [-0.4, -0.2) is 31.1 Å². The van der Waals surface area contributed by atoms with Crippen LogP contribution >= 0.6 is 47.4 Å². The Kier molecular flexibility index (Phi) is 8.13. The smallest absolute Gasteiger partial charge is 0.0377 e. The third kappa shape index (κ3) is 4.23. The van der Waals surface area contributed by atoms with Crippen molar-refractivity contribution in [1.82, 2.24) is 10.2 Å². The van der Waals surface area contributed by atoms with Gasteiger partial charge in [-0.2, -0.15) is 0 Å². The van der Waals surface area contributed by atoms with Crippen molar-refractivity contribution in [2.45, 2.75) is 25.3 Å². The highest BCUT2D eigenvalue weighted by molar-refractivity contribution is 14.1. The average Bonchev–Trinajstić information content (AvgIpc) is 2.36. The zero-order valence-corrected chi connectivity index (χ0v) is 15.3. The number of nitrogens with zero attached hydrogens (tertiary/aromatic N) is 1. The predicted molar refractivity (Wildman–Crippen MR) is 98.2 cm³/mol. The molecule has 1 aromatic rings. The summed E-state index contributed by atoms with van der Waals surface area (Å²) >= 11 is 2.39. The summed E-state index contributed by atoms with van der Waals surface area (Å²) in [5.74, 6) is 0.892. The fraction of sp³-hybridized carbons (Fsp3) is 0.600. The van der Waals surface area contributed by atoms with Gasteiger partial charge in [0, 0.05) is 35.8 Å². The fourth-order valence-corrected chi connectivity index (χ4v) is 3.52. The van der Waals surface area contributed by atoms with Crippen molar-refractivity contribution in [2.24, 2.45) is 5.92 Å². The molecule has 2 nitrogen and oxygen atoms in total. The first kappa shape index (κ1) is 18.5. The molecule has 3 rings (SSSR count). The summed E-state index contributed by atoms with van der Waals surface area (Å²) in [5.41, 5.74) is 1.53. The maximum Gasteiger partial charge on any atom is 0.0377 e. The van der Waals surface area contributed by atoms with Crippen LogP contribution in [0.15, 0.2) is 24.3 Å². The first-order valence-corrected chi connectivity index (χ1v) is 8.13. The topological polar surface area (TPSA) is 15.3 Å². The van der Waals surface area contributed by atoms with Crippen molar-refractivity contribution in [3.63, 3.8) is 0 Å². The Bertz CT molecular complexity index is 389. The molecule has 1 aliphatic carbocycles. The molecule has 0 amide bonds. The van der Waals surface area contributed by atoms with Crippen molar-refractivity contribution in [3.05, 3.63) is 33.4 Å². The Morgan fingerprint density at radius 2 is 1.65 bits per heavy atom. The molecule has 5 heteroatoms. The Morgan fingerprint density at radius 3 is 2.15 bits per heavy atom. The quantitative estimate of drug-likeness (QED) is 0.735. The van der Waals surface area contributed by atoms with Crippen LogP contribution in [0.5, 0.6) is 0 Å². The molecule has 0 aromatic heterocycles. The van der Waals surface area contributed by atoms with Gasteiger partial charge in [-0.05, 0) is 59.0 Å². The number of rotatable bonds is 3. The second-order valence-electron chi connectivity index (χ2n) is 5.47. The van der Waals surface area contributed by atoms with Gasteiger partial charge in [-0.1, -0.05) is 18.6 Å². The minimum absolute atomic E-state index is 0. The molecule has 1 N–H and O–H groups in total. The third-order valence-corrected chi connectivity index (χ3v) is 5.07. The molecule has 0 spiro atoms. The lowest BCUT2D eigenvalue weighted by Crippen LogP contribution is -2.47. The van der Waals surface area contributed by atoms with E-state index in [4.69, 9.17) is 0 Å². The van der Waals surface area contributed by atoms with Crippen molar-refractivity contribution in [1.29, 1.82) is 0 Å². The molecule has 1 atom stereocenters. The summed E-state index contributed by atoms with van der Waals surface area (Å²) in [6, 6.07) is 9.85. The van der Waals surface area contributed by atoms with Crippen LogP contribution in [0.3, 0.4) is 0 Å². The number of piperazine rings is 1. The summed E-state index contributed by atoms with van der Waals surface area (Å²) in [4.78, 5) is 2.70. The standard InChI is InChI=1S/C15H21IN2.2ClH/c16-14-6-4-13(5-7-14)15(12-2-1-3-12)18-10-8-17-9-11-18;;/h4-7,12,15,17H,1-3,8-11H2;2*1H/t15-;;/m1../s1. The predicted octanol–water partition coefficient (Wildman–Crippen LogP) is 3.88. The summed E-state index contributed by atoms with van der Waals surface area (Å²) in [7, 11) is 0. The Morgan fingerprint density at radius 1 is 1.05 bits per heavy atom. The highest BCUT2D eigenvalue weighted by atomic mass is 127. The Balaban J connectivity index is 0.000001000. The molecule has 114 valence electrons. The van der Waals surface area contributed by atoms with Gasteiger partial charge < -0.3 is 5.32 Å². The SMILES string of the molecule is Cl.Cl.Ic1ccc([C@@H](C2CCC2)N2CCNCC2)cc1. The van der Waals surface area contributed by atoms with E-state index in [-0.39, 0.29) is 24.8 Å². The van der Waals surface area contributed by atoms with Gasteiger partial charge in [0.1, 0.15) is 0 Å². The maximum atomic E-state index is 3.46. The zero-order chi connectivity index (χ0) is 12.4. The first-order valence-electron chi connectivity index (χ1n) is 7.05. The number of hydrogen-bond donors (Lipinski definition) is 1. The van der Waals surface area contributed by atoms with E-state index in [0.717, 1.165) is 19.0 Å². The lowest BCUT2D eigenvalue weighted by Gasteiger charge is -2.43. The Labute approximate surface area is 148 Å². The molecule has 2 fully saturated rings. The van der Waals surface area contributed by atoms with E-state index >= 15 is 0 Å². The monoisotopic (exact) mass is 428 g/mol. The number of halogens is 3. The molecule has 1 aliphatic heterocycles. The van der Waals surface area contributed by atoms with Gasteiger partial charge in [0.15, 0.2) is 0 Å². The largest absolute Gasteiger partial charge is 0.314 e. The number of benzene rings is 1. The second kappa shape index (κ2) is 8.79. The summed E-state index contributed by atoms with van der Waals surface area (Å²) in [6.45, 7) is 4.70. The minimum Gasteiger partial charge on any atom is -0.314 e. The van der Waals surface area contributed by atoms with Crippen molar-refractivity contribution >= 4 is 47.4 Å². The average molecular weight is 429 g/mol. The first-order chi connectivity index (χ1) is 8.84. The molecular formula is C15H23Cl2IN2. The Hall–Kier alpha value is 0.450. The maximum absolute atomic E-state index is 3.46. The van der Waals surface area contributed by atoms with E-state index in [1.807, 2.05) is 0 Å². The zero-order valence-electron chi connectivity index (χ0n) is 11.6. The van der Waals surface area contributed by atoms with Crippen LogP contribution in [0.4, 0.5) is 0 Å². The van der Waals surface area contributed by atoms with Crippen LogP contribution in [0.2, 0.25) is 0 Å². The van der Waals surface area contributed by atoms with Gasteiger partial charge >= 0.3 is 0 Å². The van der Waals surface area contributed by atoms with Gasteiger partial charge in [0.05, 0.1) is 0 Å². The normalized spacial score (nSPS) is 21.2. The van der Waals surface area contributed by atoms with Gasteiger partial charge in [-0.25, -0.2) is 0 Å². The van der Waals surface area contributed by atoms with E-state index < -0.39 is 0 Å². The molecule has 2 aliphatic rings. The molecule has 1 saturated carbocycles. The molecule has 1 saturated heterocycles. The summed E-state index contributed by atoms with van der Waals surface area (Å²) in [5, 5.41) is 3.46. The van der Waals surface area contributed by atoms with E-state index in [0.29, 0.717) is 6.04 Å². The molecule has 1 aromatic carbocycles. The van der Waals surface area contributed by atoms with Crippen LogP contribution < -0.4 is 5.32 Å². The second-order valence-corrected chi connectivity index (χ2v) is 6.72. The van der Waals surface area contributed by atoms with Crippen molar-refractivity contribution < 1.29 is 0 Å². The fourth-order valence-electron chi connectivity index (χ4n) is 3.16. The van der Waals surface area contributed by atoms with E-state index in [1.165, 1.54) is 41.5 Å². The van der Waals surface area contributed by atoms with E-state index in [1.54, 1.807) is 0 Å². The van der Waals surface area contributed by atoms with Crippen molar-refractivity contribution in [2.75, 3.05) is 26.2 Å². The van der Waals surface area contributed by atoms with Crippen molar-refractivity contribution in [3.8, 4) is 0 Å². The molecule has 1 heterocycles. The minimum atomic E-state index is 0. The molecule has 0 bridgehead atoms. The number of hydrogen-bond acceptors (Lipinski definition) is 2. The molecular weight excluding hydrogens is 406 g/mol.